The molecule has 1 unspecified atom stereocenters. The van der Waals surface area contributed by atoms with E-state index in [0.717, 1.165) is 19.4 Å². The molecule has 78 valence electrons. The molecule has 0 radical (unpaired) electrons. The van der Waals surface area contributed by atoms with E-state index in [9.17, 15) is 5.11 Å². The van der Waals surface area contributed by atoms with Crippen molar-refractivity contribution >= 4 is 11.3 Å². The number of aliphatic hydroxyl groups is 1. The molecule has 0 spiro atoms. The lowest BCUT2D eigenvalue weighted by Gasteiger charge is -2.15. The van der Waals surface area contributed by atoms with Gasteiger partial charge in [-0.05, 0) is 19.4 Å². The zero-order chi connectivity index (χ0) is 9.97. The Kier molecular flexibility index (Phi) is 3.00. The number of hydrogen-bond donors (Lipinski definition) is 2. The first kappa shape index (κ1) is 9.89. The summed E-state index contributed by atoms with van der Waals surface area (Å²) in [5.74, 6) is 0. The third kappa shape index (κ3) is 1.89. The van der Waals surface area contributed by atoms with Gasteiger partial charge in [0.25, 0.3) is 5.19 Å². The Balaban J connectivity index is 2.05. The van der Waals surface area contributed by atoms with Gasteiger partial charge >= 0.3 is 0 Å². The average molecular weight is 214 g/mol. The smallest absolute Gasteiger partial charge is 0.273 e. The Morgan fingerprint density at radius 3 is 3.21 bits per heavy atom. The Labute approximate surface area is 86.9 Å². The van der Waals surface area contributed by atoms with Crippen LogP contribution in [0.3, 0.4) is 0 Å². The second-order valence-electron chi connectivity index (χ2n) is 3.39. The van der Waals surface area contributed by atoms with Gasteiger partial charge in [-0.3, -0.25) is 0 Å². The molecule has 0 amide bonds. The minimum Gasteiger partial charge on any atom is -0.473 e. The van der Waals surface area contributed by atoms with Crippen LogP contribution in [0.25, 0.3) is 0 Å². The van der Waals surface area contributed by atoms with E-state index in [1.165, 1.54) is 11.3 Å². The van der Waals surface area contributed by atoms with Crippen LogP contribution >= 0.6 is 11.3 Å². The summed E-state index contributed by atoms with van der Waals surface area (Å²) >= 11 is 1.42. The van der Waals surface area contributed by atoms with Crippen molar-refractivity contribution in [3.8, 4) is 5.19 Å². The van der Waals surface area contributed by atoms with Crippen LogP contribution in [-0.2, 0) is 0 Å². The van der Waals surface area contributed by atoms with Crippen LogP contribution in [0.1, 0.15) is 24.6 Å². The van der Waals surface area contributed by atoms with E-state index in [0.29, 0.717) is 10.9 Å². The third-order valence-corrected chi connectivity index (χ3v) is 3.28. The topological polar surface area (TPSA) is 54.4 Å². The highest BCUT2D eigenvalue weighted by atomic mass is 32.1. The van der Waals surface area contributed by atoms with E-state index in [4.69, 9.17) is 4.74 Å². The largest absolute Gasteiger partial charge is 0.473 e. The Bertz CT molecular complexity index is 297. The first-order valence-electron chi connectivity index (χ1n) is 4.72. The number of ether oxygens (including phenoxy) is 1. The van der Waals surface area contributed by atoms with Gasteiger partial charge in [0.05, 0.1) is 12.8 Å². The summed E-state index contributed by atoms with van der Waals surface area (Å²) in [7, 11) is 1.59. The van der Waals surface area contributed by atoms with Gasteiger partial charge in [-0.2, -0.15) is 0 Å². The molecule has 0 saturated carbocycles. The van der Waals surface area contributed by atoms with Crippen molar-refractivity contribution in [2.45, 2.75) is 25.0 Å². The molecule has 1 aliphatic rings. The van der Waals surface area contributed by atoms with Crippen molar-refractivity contribution in [3.05, 3.63) is 11.1 Å². The fraction of sp³-hybridized carbons (Fsp3) is 0.667. The predicted octanol–water partition coefficient (Wildman–Crippen LogP) is 0.937. The molecule has 1 fully saturated rings. The molecular weight excluding hydrogens is 200 g/mol. The maximum absolute atomic E-state index is 9.96. The van der Waals surface area contributed by atoms with E-state index >= 15 is 0 Å². The molecule has 14 heavy (non-hydrogen) atoms. The molecule has 2 heterocycles. The summed E-state index contributed by atoms with van der Waals surface area (Å²) in [5, 5.41) is 15.7. The molecule has 1 aromatic rings. The zero-order valence-corrected chi connectivity index (χ0v) is 8.88. The van der Waals surface area contributed by atoms with Gasteiger partial charge < -0.3 is 15.2 Å². The number of nitrogens with one attached hydrogen (secondary N) is 1. The molecule has 0 aromatic carbocycles. The fourth-order valence-corrected chi connectivity index (χ4v) is 2.35. The zero-order valence-electron chi connectivity index (χ0n) is 8.06. The Morgan fingerprint density at radius 2 is 2.64 bits per heavy atom. The minimum atomic E-state index is -0.502. The van der Waals surface area contributed by atoms with Crippen molar-refractivity contribution in [2.75, 3.05) is 13.7 Å². The molecule has 4 nitrogen and oxygen atoms in total. The normalized spacial score (nSPS) is 23.7. The Hall–Kier alpha value is -0.650. The van der Waals surface area contributed by atoms with Gasteiger partial charge in [0.1, 0.15) is 6.10 Å². The van der Waals surface area contributed by atoms with Crippen LogP contribution < -0.4 is 10.1 Å². The van der Waals surface area contributed by atoms with Crippen LogP contribution in [0, 0.1) is 0 Å². The first-order valence-corrected chi connectivity index (χ1v) is 5.60. The second kappa shape index (κ2) is 4.25. The van der Waals surface area contributed by atoms with Gasteiger partial charge in [-0.15, -0.1) is 0 Å². The summed E-state index contributed by atoms with van der Waals surface area (Å²) in [5.41, 5.74) is 0.714. The van der Waals surface area contributed by atoms with Crippen LogP contribution in [0.15, 0.2) is 5.38 Å². The number of hydrogen-bond acceptors (Lipinski definition) is 5. The number of aliphatic hydroxyl groups excluding tert-OH is 1. The van der Waals surface area contributed by atoms with E-state index in [-0.39, 0.29) is 6.04 Å². The lowest BCUT2D eigenvalue weighted by Crippen LogP contribution is -2.28. The van der Waals surface area contributed by atoms with E-state index < -0.39 is 6.10 Å². The minimum absolute atomic E-state index is 0.154. The SMILES string of the molecule is COc1nc(C(O)[C@H]2CCCN2)cs1. The average Bonchev–Trinajstić information content (AvgIpc) is 2.88. The van der Waals surface area contributed by atoms with Crippen LogP contribution in [-0.4, -0.2) is 29.8 Å². The van der Waals surface area contributed by atoms with Crippen molar-refractivity contribution < 1.29 is 9.84 Å². The van der Waals surface area contributed by atoms with Gasteiger partial charge in [-0.1, -0.05) is 11.3 Å². The maximum atomic E-state index is 9.96. The Morgan fingerprint density at radius 1 is 1.79 bits per heavy atom. The molecule has 2 atom stereocenters. The highest BCUT2D eigenvalue weighted by Gasteiger charge is 2.25. The molecule has 1 saturated heterocycles. The molecule has 5 heteroatoms. The summed E-state index contributed by atoms with van der Waals surface area (Å²) in [6.07, 6.45) is 1.64. The third-order valence-electron chi connectivity index (χ3n) is 2.46. The van der Waals surface area contributed by atoms with Crippen molar-refractivity contribution in [3.63, 3.8) is 0 Å². The fourth-order valence-electron chi connectivity index (χ4n) is 1.69. The summed E-state index contributed by atoms with van der Waals surface area (Å²) in [6.45, 7) is 0.989. The summed E-state index contributed by atoms with van der Waals surface area (Å²) < 4.78 is 4.98. The second-order valence-corrected chi connectivity index (χ2v) is 4.21. The van der Waals surface area contributed by atoms with E-state index in [2.05, 4.69) is 10.3 Å². The molecule has 2 rings (SSSR count). The van der Waals surface area contributed by atoms with Crippen molar-refractivity contribution in [2.24, 2.45) is 0 Å². The van der Waals surface area contributed by atoms with Gasteiger partial charge in [0.15, 0.2) is 0 Å². The van der Waals surface area contributed by atoms with E-state index in [1.54, 1.807) is 7.11 Å². The lowest BCUT2D eigenvalue weighted by molar-refractivity contribution is 0.133. The van der Waals surface area contributed by atoms with Crippen molar-refractivity contribution in [1.82, 2.24) is 10.3 Å². The monoisotopic (exact) mass is 214 g/mol. The lowest BCUT2D eigenvalue weighted by atomic mass is 10.1. The first-order chi connectivity index (χ1) is 6.81. The highest BCUT2D eigenvalue weighted by molar-refractivity contribution is 7.11. The van der Waals surface area contributed by atoms with Crippen LogP contribution in [0.4, 0.5) is 0 Å². The number of rotatable bonds is 3. The molecule has 1 aromatic heterocycles. The molecular formula is C9H14N2O2S. The number of aromatic nitrogens is 1. The highest BCUT2D eigenvalue weighted by Crippen LogP contribution is 2.26. The molecule has 0 bridgehead atoms. The number of methoxy groups -OCH3 is 1. The molecule has 0 aliphatic carbocycles. The predicted molar refractivity (Wildman–Crippen MR) is 54.7 cm³/mol. The maximum Gasteiger partial charge on any atom is 0.273 e. The summed E-state index contributed by atoms with van der Waals surface area (Å²) in [4.78, 5) is 4.18. The molecule has 1 aliphatic heterocycles. The molecule has 2 N–H and O–H groups in total. The standard InChI is InChI=1S/C9H14N2O2S/c1-13-9-11-7(5-14-9)8(12)6-3-2-4-10-6/h5-6,8,10,12H,2-4H2,1H3/t6-,8?/m1/s1. The van der Waals surface area contributed by atoms with Gasteiger partial charge in [-0.25, -0.2) is 4.98 Å². The summed E-state index contributed by atoms with van der Waals surface area (Å²) in [6, 6.07) is 0.154. The van der Waals surface area contributed by atoms with E-state index in [1.807, 2.05) is 5.38 Å². The van der Waals surface area contributed by atoms with Crippen LogP contribution in [0.2, 0.25) is 0 Å². The van der Waals surface area contributed by atoms with Gasteiger partial charge in [0.2, 0.25) is 0 Å². The van der Waals surface area contributed by atoms with Gasteiger partial charge in [0, 0.05) is 11.4 Å². The van der Waals surface area contributed by atoms with Crippen molar-refractivity contribution in [1.29, 1.82) is 0 Å². The number of nitrogens with zero attached hydrogens (tertiary/aromatic N) is 1. The van der Waals surface area contributed by atoms with Crippen LogP contribution in [0.5, 0.6) is 5.19 Å². The number of thiazole rings is 1. The quantitative estimate of drug-likeness (QED) is 0.786.